The second-order valence-corrected chi connectivity index (χ2v) is 5.24. The Kier molecular flexibility index (Phi) is 5.60. The van der Waals surface area contributed by atoms with Gasteiger partial charge in [-0.25, -0.2) is 4.79 Å². The molecule has 0 fully saturated rings. The summed E-state index contributed by atoms with van der Waals surface area (Å²) in [4.78, 5) is 22.6. The first-order valence-electron chi connectivity index (χ1n) is 6.80. The third-order valence-corrected chi connectivity index (χ3v) is 3.41. The predicted octanol–water partition coefficient (Wildman–Crippen LogP) is 3.33. The molecule has 120 valence electrons. The van der Waals surface area contributed by atoms with Crippen LogP contribution in [0.25, 0.3) is 0 Å². The van der Waals surface area contributed by atoms with Crippen molar-refractivity contribution in [1.82, 2.24) is 0 Å². The molecule has 2 rings (SSSR count). The first-order chi connectivity index (χ1) is 11.0. The standard InChI is InChI=1S/C17H15ClO5/c1-22-16(19)9-12-4-7-15(14(8-12)17(20)21)23-10-11-2-5-13(18)6-3-11/h2-8H,9-10H2,1H3,(H,20,21). The van der Waals surface area contributed by atoms with Crippen molar-refractivity contribution in [3.05, 3.63) is 64.2 Å². The zero-order valence-electron chi connectivity index (χ0n) is 12.4. The lowest BCUT2D eigenvalue weighted by molar-refractivity contribution is -0.139. The Morgan fingerprint density at radius 3 is 2.35 bits per heavy atom. The van der Waals surface area contributed by atoms with Gasteiger partial charge in [0.2, 0.25) is 0 Å². The molecule has 0 heterocycles. The summed E-state index contributed by atoms with van der Waals surface area (Å²) >= 11 is 5.81. The first kappa shape index (κ1) is 16.8. The van der Waals surface area contributed by atoms with Crippen molar-refractivity contribution in [2.45, 2.75) is 13.0 Å². The maximum atomic E-state index is 11.4. The van der Waals surface area contributed by atoms with Crippen LogP contribution in [0, 0.1) is 0 Å². The lowest BCUT2D eigenvalue weighted by atomic mass is 10.1. The minimum atomic E-state index is -1.12. The van der Waals surface area contributed by atoms with Gasteiger partial charge in [-0.15, -0.1) is 0 Å². The van der Waals surface area contributed by atoms with E-state index >= 15 is 0 Å². The molecule has 2 aromatic carbocycles. The van der Waals surface area contributed by atoms with Crippen LogP contribution in [0.4, 0.5) is 0 Å². The van der Waals surface area contributed by atoms with E-state index in [1.54, 1.807) is 30.3 Å². The van der Waals surface area contributed by atoms with Gasteiger partial charge in [-0.1, -0.05) is 29.8 Å². The van der Waals surface area contributed by atoms with Gasteiger partial charge in [-0.3, -0.25) is 4.79 Å². The highest BCUT2D eigenvalue weighted by Gasteiger charge is 2.14. The fraction of sp³-hybridized carbons (Fsp3) is 0.176. The van der Waals surface area contributed by atoms with Crippen molar-refractivity contribution in [3.63, 3.8) is 0 Å². The molecule has 1 N–H and O–H groups in total. The number of esters is 1. The van der Waals surface area contributed by atoms with E-state index in [-0.39, 0.29) is 24.3 Å². The number of rotatable bonds is 6. The number of aromatic carboxylic acids is 1. The van der Waals surface area contributed by atoms with Crippen LogP contribution in [0.1, 0.15) is 21.5 Å². The minimum Gasteiger partial charge on any atom is -0.488 e. The molecule has 0 amide bonds. The van der Waals surface area contributed by atoms with Gasteiger partial charge < -0.3 is 14.6 Å². The van der Waals surface area contributed by atoms with E-state index in [0.717, 1.165) is 5.56 Å². The predicted molar refractivity (Wildman–Crippen MR) is 84.9 cm³/mol. The Bertz CT molecular complexity index is 709. The Morgan fingerprint density at radius 2 is 1.74 bits per heavy atom. The highest BCUT2D eigenvalue weighted by atomic mass is 35.5. The van der Waals surface area contributed by atoms with Crippen LogP contribution >= 0.6 is 11.6 Å². The van der Waals surface area contributed by atoms with Crippen LogP contribution in [0.15, 0.2) is 42.5 Å². The van der Waals surface area contributed by atoms with E-state index in [0.29, 0.717) is 10.6 Å². The number of carboxylic acids is 1. The molecule has 0 atom stereocenters. The Labute approximate surface area is 138 Å². The van der Waals surface area contributed by atoms with Crippen LogP contribution in [0.5, 0.6) is 5.75 Å². The van der Waals surface area contributed by atoms with Gasteiger partial charge in [-0.2, -0.15) is 0 Å². The summed E-state index contributed by atoms with van der Waals surface area (Å²) in [6.07, 6.45) is 0.00818. The zero-order chi connectivity index (χ0) is 16.8. The molecule has 0 aliphatic carbocycles. The number of methoxy groups -OCH3 is 1. The first-order valence-corrected chi connectivity index (χ1v) is 7.17. The third kappa shape index (κ3) is 4.72. The number of carbonyl (C=O) groups is 2. The summed E-state index contributed by atoms with van der Waals surface area (Å²) in [5.41, 5.74) is 1.41. The van der Waals surface area contributed by atoms with Gasteiger partial charge in [0.05, 0.1) is 13.5 Å². The van der Waals surface area contributed by atoms with Crippen molar-refractivity contribution in [2.24, 2.45) is 0 Å². The van der Waals surface area contributed by atoms with Crippen LogP contribution in [0.3, 0.4) is 0 Å². The largest absolute Gasteiger partial charge is 0.488 e. The van der Waals surface area contributed by atoms with Crippen molar-refractivity contribution >= 4 is 23.5 Å². The van der Waals surface area contributed by atoms with Gasteiger partial charge in [0.25, 0.3) is 0 Å². The SMILES string of the molecule is COC(=O)Cc1ccc(OCc2ccc(Cl)cc2)c(C(=O)O)c1. The van der Waals surface area contributed by atoms with E-state index in [2.05, 4.69) is 4.74 Å². The second kappa shape index (κ2) is 7.65. The molecule has 5 nitrogen and oxygen atoms in total. The average molecular weight is 335 g/mol. The molecule has 2 aromatic rings. The molecule has 6 heteroatoms. The molecule has 0 bridgehead atoms. The number of ether oxygens (including phenoxy) is 2. The summed E-state index contributed by atoms with van der Waals surface area (Å²) in [6, 6.07) is 11.7. The quantitative estimate of drug-likeness (QED) is 0.820. The van der Waals surface area contributed by atoms with E-state index in [4.69, 9.17) is 16.3 Å². The van der Waals surface area contributed by atoms with Gasteiger partial charge in [0.15, 0.2) is 0 Å². The maximum Gasteiger partial charge on any atom is 0.339 e. The molecule has 0 aliphatic rings. The fourth-order valence-corrected chi connectivity index (χ4v) is 2.09. The topological polar surface area (TPSA) is 72.8 Å². The summed E-state index contributed by atoms with van der Waals surface area (Å²) in [7, 11) is 1.28. The van der Waals surface area contributed by atoms with Crippen LogP contribution in [-0.2, 0) is 22.6 Å². The number of carbonyl (C=O) groups excluding carboxylic acids is 1. The summed E-state index contributed by atoms with van der Waals surface area (Å²) < 4.78 is 10.1. The normalized spacial score (nSPS) is 10.2. The monoisotopic (exact) mass is 334 g/mol. The Balaban J connectivity index is 2.15. The van der Waals surface area contributed by atoms with E-state index < -0.39 is 11.9 Å². The molecule has 0 aromatic heterocycles. The number of hydrogen-bond acceptors (Lipinski definition) is 4. The Morgan fingerprint density at radius 1 is 1.09 bits per heavy atom. The number of benzene rings is 2. The summed E-state index contributed by atoms with van der Waals surface area (Å²) in [5, 5.41) is 9.92. The molecule has 23 heavy (non-hydrogen) atoms. The molecule has 0 spiro atoms. The van der Waals surface area contributed by atoms with Gasteiger partial charge in [0, 0.05) is 5.02 Å². The van der Waals surface area contributed by atoms with Gasteiger partial charge >= 0.3 is 11.9 Å². The fourth-order valence-electron chi connectivity index (χ4n) is 1.96. The maximum absolute atomic E-state index is 11.4. The number of halogens is 1. The van der Waals surface area contributed by atoms with E-state index in [1.807, 2.05) is 0 Å². The van der Waals surface area contributed by atoms with E-state index in [1.165, 1.54) is 19.2 Å². The van der Waals surface area contributed by atoms with Crippen LogP contribution in [-0.4, -0.2) is 24.2 Å². The lowest BCUT2D eigenvalue weighted by Gasteiger charge is -2.11. The van der Waals surface area contributed by atoms with Crippen molar-refractivity contribution < 1.29 is 24.2 Å². The number of hydrogen-bond donors (Lipinski definition) is 1. The molecule has 0 radical (unpaired) electrons. The average Bonchev–Trinajstić information content (AvgIpc) is 2.54. The second-order valence-electron chi connectivity index (χ2n) is 4.80. The zero-order valence-corrected chi connectivity index (χ0v) is 13.2. The number of carboxylic acid groups (broad SMARTS) is 1. The lowest BCUT2D eigenvalue weighted by Crippen LogP contribution is -2.08. The molecule has 0 unspecified atom stereocenters. The van der Waals surface area contributed by atoms with Crippen molar-refractivity contribution in [3.8, 4) is 5.75 Å². The van der Waals surface area contributed by atoms with Gasteiger partial charge in [0.1, 0.15) is 17.9 Å². The highest BCUT2D eigenvalue weighted by Crippen LogP contribution is 2.22. The molecular formula is C17H15ClO5. The van der Waals surface area contributed by atoms with Crippen LogP contribution < -0.4 is 4.74 Å². The highest BCUT2D eigenvalue weighted by molar-refractivity contribution is 6.30. The third-order valence-electron chi connectivity index (χ3n) is 3.16. The summed E-state index contributed by atoms with van der Waals surface area (Å²) in [5.74, 6) is -1.32. The van der Waals surface area contributed by atoms with Crippen molar-refractivity contribution in [1.29, 1.82) is 0 Å². The van der Waals surface area contributed by atoms with E-state index in [9.17, 15) is 14.7 Å². The smallest absolute Gasteiger partial charge is 0.339 e. The van der Waals surface area contributed by atoms with Crippen molar-refractivity contribution in [2.75, 3.05) is 7.11 Å². The van der Waals surface area contributed by atoms with Crippen LogP contribution in [0.2, 0.25) is 5.02 Å². The summed E-state index contributed by atoms with van der Waals surface area (Å²) in [6.45, 7) is 0.216. The molecular weight excluding hydrogens is 320 g/mol. The Hall–Kier alpha value is -2.53. The van der Waals surface area contributed by atoms with Gasteiger partial charge in [-0.05, 0) is 35.4 Å². The minimum absolute atomic E-state index is 0.000339. The molecule has 0 aliphatic heterocycles. The molecule has 0 saturated carbocycles. The molecule has 0 saturated heterocycles.